The van der Waals surface area contributed by atoms with Gasteiger partial charge in [0.1, 0.15) is 5.69 Å². The van der Waals surface area contributed by atoms with Crippen LogP contribution in [0.5, 0.6) is 5.75 Å². The monoisotopic (exact) mass is 358 g/mol. The third kappa shape index (κ3) is 3.44. The van der Waals surface area contributed by atoms with Gasteiger partial charge in [-0.2, -0.15) is 5.10 Å². The van der Waals surface area contributed by atoms with Crippen LogP contribution in [-0.2, 0) is 0 Å². The lowest BCUT2D eigenvalue weighted by molar-refractivity contribution is 0.0928. The number of ether oxygens (including phenoxy) is 1. The highest BCUT2D eigenvalue weighted by molar-refractivity contribution is 5.92. The number of carbonyl (C=O) groups excluding carboxylic acids is 1. The molecule has 1 fully saturated rings. The fourth-order valence-electron chi connectivity index (χ4n) is 3.67. The van der Waals surface area contributed by atoms with Crippen molar-refractivity contribution in [1.29, 1.82) is 0 Å². The van der Waals surface area contributed by atoms with Crippen molar-refractivity contribution < 1.29 is 13.9 Å². The number of fused-ring (bicyclic) bond motifs is 1. The van der Waals surface area contributed by atoms with Crippen LogP contribution in [0.3, 0.4) is 0 Å². The standard InChI is InChI=1S/C19H23FN4O2/c20-15-6-1-5-14-16(7-3-11-26-18(14)15)22-19(25)17-8-10-24(23-17)13-4-2-9-21-12-13/h1,5-6,8,10,13,16,21H,2-4,7,9,11-12H2,(H,22,25). The summed E-state index contributed by atoms with van der Waals surface area (Å²) in [4.78, 5) is 12.7. The molecule has 0 radical (unpaired) electrons. The molecule has 0 saturated carbocycles. The first-order valence-corrected chi connectivity index (χ1v) is 9.20. The van der Waals surface area contributed by atoms with Crippen LogP contribution in [0.1, 0.15) is 53.8 Å². The lowest BCUT2D eigenvalue weighted by Gasteiger charge is -2.23. The Kier molecular flexibility index (Phi) is 4.88. The summed E-state index contributed by atoms with van der Waals surface area (Å²) in [5, 5.41) is 10.8. The van der Waals surface area contributed by atoms with Gasteiger partial charge in [0, 0.05) is 18.3 Å². The number of nitrogens with zero attached hydrogens (tertiary/aromatic N) is 2. The van der Waals surface area contributed by atoms with Crippen LogP contribution in [0.4, 0.5) is 4.39 Å². The van der Waals surface area contributed by atoms with E-state index < -0.39 is 5.82 Å². The Morgan fingerprint density at radius 3 is 3.08 bits per heavy atom. The topological polar surface area (TPSA) is 68.2 Å². The van der Waals surface area contributed by atoms with Crippen LogP contribution >= 0.6 is 0 Å². The van der Waals surface area contributed by atoms with Gasteiger partial charge in [0.2, 0.25) is 0 Å². The van der Waals surface area contributed by atoms with Gasteiger partial charge in [-0.1, -0.05) is 12.1 Å². The number of benzene rings is 1. The second-order valence-electron chi connectivity index (χ2n) is 6.86. The van der Waals surface area contributed by atoms with Crippen LogP contribution in [0, 0.1) is 5.82 Å². The number of carbonyl (C=O) groups is 1. The maximum atomic E-state index is 14.0. The van der Waals surface area contributed by atoms with Crippen molar-refractivity contribution in [3.8, 4) is 5.75 Å². The zero-order valence-corrected chi connectivity index (χ0v) is 14.6. The fraction of sp³-hybridized carbons (Fsp3) is 0.474. The van der Waals surface area contributed by atoms with Crippen LogP contribution in [0.15, 0.2) is 30.5 Å². The number of piperidine rings is 1. The molecule has 1 saturated heterocycles. The molecule has 2 aromatic rings. The van der Waals surface area contributed by atoms with Gasteiger partial charge in [-0.15, -0.1) is 0 Å². The van der Waals surface area contributed by atoms with Crippen LogP contribution in [0.2, 0.25) is 0 Å². The molecule has 2 aliphatic rings. The summed E-state index contributed by atoms with van der Waals surface area (Å²) in [6.07, 6.45) is 5.48. The lowest BCUT2D eigenvalue weighted by Crippen LogP contribution is -2.32. The molecule has 0 bridgehead atoms. The van der Waals surface area contributed by atoms with Crippen LogP contribution in [-0.4, -0.2) is 35.4 Å². The fourth-order valence-corrected chi connectivity index (χ4v) is 3.67. The van der Waals surface area contributed by atoms with E-state index in [-0.39, 0.29) is 23.7 Å². The van der Waals surface area contributed by atoms with Crippen LogP contribution < -0.4 is 15.4 Å². The number of halogens is 1. The molecule has 4 rings (SSSR count). The molecular formula is C19H23FN4O2. The molecule has 1 aromatic carbocycles. The first-order valence-electron chi connectivity index (χ1n) is 9.20. The minimum Gasteiger partial charge on any atom is -0.490 e. The Hall–Kier alpha value is -2.41. The molecule has 3 heterocycles. The Balaban J connectivity index is 1.50. The van der Waals surface area contributed by atoms with E-state index in [9.17, 15) is 9.18 Å². The molecule has 2 N–H and O–H groups in total. The highest BCUT2D eigenvalue weighted by atomic mass is 19.1. The van der Waals surface area contributed by atoms with Gasteiger partial charge >= 0.3 is 0 Å². The smallest absolute Gasteiger partial charge is 0.272 e. The first kappa shape index (κ1) is 17.0. The van der Waals surface area contributed by atoms with Crippen LogP contribution in [0.25, 0.3) is 0 Å². The quantitative estimate of drug-likeness (QED) is 0.885. The van der Waals surface area contributed by atoms with E-state index in [0.717, 1.165) is 32.4 Å². The summed E-state index contributed by atoms with van der Waals surface area (Å²) >= 11 is 0. The minimum atomic E-state index is -0.391. The van der Waals surface area contributed by atoms with Gasteiger partial charge in [-0.05, 0) is 44.4 Å². The molecule has 7 heteroatoms. The Bertz CT molecular complexity index is 786. The van der Waals surface area contributed by atoms with Crippen molar-refractivity contribution in [1.82, 2.24) is 20.4 Å². The number of rotatable bonds is 3. The van der Waals surface area contributed by atoms with Crippen molar-refractivity contribution in [2.45, 2.75) is 37.8 Å². The lowest BCUT2D eigenvalue weighted by atomic mass is 10.0. The highest BCUT2D eigenvalue weighted by Crippen LogP contribution is 2.33. The van der Waals surface area contributed by atoms with E-state index in [1.165, 1.54) is 6.07 Å². The van der Waals surface area contributed by atoms with Crippen molar-refractivity contribution in [2.75, 3.05) is 19.7 Å². The molecule has 6 nitrogen and oxygen atoms in total. The molecule has 2 unspecified atom stereocenters. The van der Waals surface area contributed by atoms with Gasteiger partial charge in [0.25, 0.3) is 5.91 Å². The molecule has 138 valence electrons. The SMILES string of the molecule is O=C(NC1CCCOc2c(F)cccc21)c1ccn(C2CCCNC2)n1. The summed E-state index contributed by atoms with van der Waals surface area (Å²) in [7, 11) is 0. The minimum absolute atomic E-state index is 0.241. The first-order chi connectivity index (χ1) is 12.7. The average molecular weight is 358 g/mol. The number of para-hydroxylation sites is 1. The average Bonchev–Trinajstić information content (AvgIpc) is 3.07. The van der Waals surface area contributed by atoms with E-state index in [4.69, 9.17) is 4.74 Å². The number of hydrogen-bond acceptors (Lipinski definition) is 4. The summed E-state index contributed by atoms with van der Waals surface area (Å²) in [6.45, 7) is 2.35. The molecule has 2 atom stereocenters. The molecule has 2 aliphatic heterocycles. The maximum Gasteiger partial charge on any atom is 0.272 e. The second kappa shape index (κ2) is 7.45. The summed E-state index contributed by atoms with van der Waals surface area (Å²) in [6, 6.07) is 6.57. The van der Waals surface area contributed by atoms with Crippen molar-refractivity contribution in [3.05, 3.63) is 47.5 Å². The molecule has 0 aliphatic carbocycles. The predicted octanol–water partition coefficient (Wildman–Crippen LogP) is 2.59. The van der Waals surface area contributed by atoms with Gasteiger partial charge in [-0.25, -0.2) is 4.39 Å². The maximum absolute atomic E-state index is 14.0. The van der Waals surface area contributed by atoms with E-state index in [1.54, 1.807) is 18.2 Å². The number of hydrogen-bond donors (Lipinski definition) is 2. The molecule has 26 heavy (non-hydrogen) atoms. The van der Waals surface area contributed by atoms with E-state index in [0.29, 0.717) is 24.3 Å². The zero-order valence-electron chi connectivity index (χ0n) is 14.6. The Labute approximate surface area is 151 Å². The molecule has 1 aromatic heterocycles. The van der Waals surface area contributed by atoms with E-state index in [1.807, 2.05) is 10.9 Å². The van der Waals surface area contributed by atoms with Gasteiger partial charge in [0.05, 0.1) is 18.7 Å². The Morgan fingerprint density at radius 2 is 2.23 bits per heavy atom. The number of amides is 1. The second-order valence-corrected chi connectivity index (χ2v) is 6.86. The number of nitrogens with one attached hydrogen (secondary N) is 2. The van der Waals surface area contributed by atoms with Crippen molar-refractivity contribution in [3.63, 3.8) is 0 Å². The molecule has 1 amide bonds. The predicted molar refractivity (Wildman–Crippen MR) is 94.7 cm³/mol. The summed E-state index contributed by atoms with van der Waals surface area (Å²) in [5.41, 5.74) is 1.07. The largest absolute Gasteiger partial charge is 0.490 e. The van der Waals surface area contributed by atoms with Gasteiger partial charge < -0.3 is 15.4 Å². The van der Waals surface area contributed by atoms with E-state index >= 15 is 0 Å². The van der Waals surface area contributed by atoms with Crippen molar-refractivity contribution >= 4 is 5.91 Å². The molecule has 0 spiro atoms. The normalized spacial score (nSPS) is 22.8. The summed E-state index contributed by atoms with van der Waals surface area (Å²) < 4.78 is 21.4. The third-order valence-electron chi connectivity index (χ3n) is 5.05. The van der Waals surface area contributed by atoms with Gasteiger partial charge in [0.15, 0.2) is 11.6 Å². The third-order valence-corrected chi connectivity index (χ3v) is 5.05. The number of aromatic nitrogens is 2. The summed E-state index contributed by atoms with van der Waals surface area (Å²) in [5.74, 6) is -0.388. The highest BCUT2D eigenvalue weighted by Gasteiger charge is 2.25. The molecular weight excluding hydrogens is 335 g/mol. The van der Waals surface area contributed by atoms with Crippen molar-refractivity contribution in [2.24, 2.45) is 0 Å². The van der Waals surface area contributed by atoms with E-state index in [2.05, 4.69) is 15.7 Å². The Morgan fingerprint density at radius 1 is 1.31 bits per heavy atom. The van der Waals surface area contributed by atoms with Gasteiger partial charge in [-0.3, -0.25) is 9.48 Å². The zero-order chi connectivity index (χ0) is 17.9.